The van der Waals surface area contributed by atoms with Crippen molar-refractivity contribution >= 4 is 28.9 Å². The summed E-state index contributed by atoms with van der Waals surface area (Å²) in [5.74, 6) is 0.515. The van der Waals surface area contributed by atoms with Crippen molar-refractivity contribution in [2.45, 2.75) is 18.6 Å². The zero-order valence-corrected chi connectivity index (χ0v) is 14.7. The lowest BCUT2D eigenvalue weighted by atomic mass is 10.3. The summed E-state index contributed by atoms with van der Waals surface area (Å²) in [5, 5.41) is 12.8. The van der Waals surface area contributed by atoms with E-state index in [2.05, 4.69) is 26.0 Å². The molecule has 9 nitrogen and oxygen atoms in total. The molecule has 27 heavy (non-hydrogen) atoms. The zero-order valence-electron chi connectivity index (χ0n) is 14.7. The number of nitrogens with one attached hydrogen (secondary N) is 3. The standard InChI is InChI=1S/C17H18FN7O2/c1-19-14-7-13(21-11-4-3-5-24(2)17(11)27)23-15-9(8-20-25(14)15)16(26)22-12-6-10(12)18/h3-5,7-8,10,12,19H,6H2,1-2H3,(H,21,23)(H,22,26). The largest absolute Gasteiger partial charge is 0.373 e. The van der Waals surface area contributed by atoms with Gasteiger partial charge >= 0.3 is 0 Å². The van der Waals surface area contributed by atoms with Gasteiger partial charge in [-0.1, -0.05) is 0 Å². The van der Waals surface area contributed by atoms with Crippen LogP contribution in [0.15, 0.2) is 35.4 Å². The summed E-state index contributed by atoms with van der Waals surface area (Å²) in [5.41, 5.74) is 0.669. The summed E-state index contributed by atoms with van der Waals surface area (Å²) in [6.07, 6.45) is 2.37. The summed E-state index contributed by atoms with van der Waals surface area (Å²) in [7, 11) is 3.36. The van der Waals surface area contributed by atoms with Gasteiger partial charge in [0.1, 0.15) is 29.1 Å². The maximum Gasteiger partial charge on any atom is 0.274 e. The Kier molecular flexibility index (Phi) is 4.02. The van der Waals surface area contributed by atoms with Gasteiger partial charge in [-0.25, -0.2) is 9.37 Å². The molecule has 0 bridgehead atoms. The minimum absolute atomic E-state index is 0.209. The van der Waals surface area contributed by atoms with Crippen LogP contribution in [-0.2, 0) is 7.05 Å². The highest BCUT2D eigenvalue weighted by atomic mass is 19.1. The fraction of sp³-hybridized carbons (Fsp3) is 0.294. The Morgan fingerprint density at radius 3 is 2.89 bits per heavy atom. The molecule has 1 aliphatic rings. The van der Waals surface area contributed by atoms with Gasteiger partial charge in [0.25, 0.3) is 11.5 Å². The van der Waals surface area contributed by atoms with E-state index in [1.54, 1.807) is 38.5 Å². The number of nitrogens with zero attached hydrogens (tertiary/aromatic N) is 4. The molecule has 1 fully saturated rings. The quantitative estimate of drug-likeness (QED) is 0.619. The lowest BCUT2D eigenvalue weighted by molar-refractivity contribution is 0.0949. The van der Waals surface area contributed by atoms with Crippen LogP contribution in [0.2, 0.25) is 0 Å². The van der Waals surface area contributed by atoms with Crippen LogP contribution in [0, 0.1) is 0 Å². The number of alkyl halides is 1. The second-order valence-electron chi connectivity index (χ2n) is 6.36. The lowest BCUT2D eigenvalue weighted by Crippen LogP contribution is -2.27. The molecule has 0 aliphatic heterocycles. The third kappa shape index (κ3) is 3.09. The number of hydrogen-bond acceptors (Lipinski definition) is 6. The van der Waals surface area contributed by atoms with Crippen molar-refractivity contribution in [3.8, 4) is 0 Å². The van der Waals surface area contributed by atoms with Gasteiger partial charge in [0.15, 0.2) is 5.65 Å². The third-order valence-corrected chi connectivity index (χ3v) is 4.39. The van der Waals surface area contributed by atoms with E-state index in [-0.39, 0.29) is 11.1 Å². The minimum atomic E-state index is -0.997. The number of anilines is 3. The van der Waals surface area contributed by atoms with Crippen LogP contribution in [0.3, 0.4) is 0 Å². The first-order valence-corrected chi connectivity index (χ1v) is 8.42. The summed E-state index contributed by atoms with van der Waals surface area (Å²) in [4.78, 5) is 29.1. The summed E-state index contributed by atoms with van der Waals surface area (Å²) in [6.45, 7) is 0. The Balaban J connectivity index is 1.73. The van der Waals surface area contributed by atoms with E-state index in [0.29, 0.717) is 29.4 Å². The second-order valence-corrected chi connectivity index (χ2v) is 6.36. The van der Waals surface area contributed by atoms with Crippen molar-refractivity contribution in [3.05, 3.63) is 46.5 Å². The van der Waals surface area contributed by atoms with Crippen LogP contribution in [0.5, 0.6) is 0 Å². The van der Waals surface area contributed by atoms with Gasteiger partial charge in [-0.05, 0) is 12.1 Å². The molecule has 1 saturated carbocycles. The van der Waals surface area contributed by atoms with Crippen LogP contribution in [0.1, 0.15) is 16.8 Å². The van der Waals surface area contributed by atoms with E-state index >= 15 is 0 Å². The lowest BCUT2D eigenvalue weighted by Gasteiger charge is -2.10. The number of carbonyl (C=O) groups excluding carboxylic acids is 1. The Labute approximate surface area is 153 Å². The van der Waals surface area contributed by atoms with Crippen molar-refractivity contribution in [1.29, 1.82) is 0 Å². The Morgan fingerprint density at radius 1 is 1.41 bits per heavy atom. The topological polar surface area (TPSA) is 105 Å². The number of fused-ring (bicyclic) bond motifs is 1. The number of hydrogen-bond donors (Lipinski definition) is 3. The van der Waals surface area contributed by atoms with E-state index < -0.39 is 18.1 Å². The molecule has 0 spiro atoms. The number of halogens is 1. The molecular formula is C17H18FN7O2. The molecule has 0 aromatic carbocycles. The van der Waals surface area contributed by atoms with Crippen LogP contribution < -0.4 is 21.5 Å². The van der Waals surface area contributed by atoms with Crippen molar-refractivity contribution in [2.75, 3.05) is 17.7 Å². The van der Waals surface area contributed by atoms with Gasteiger partial charge in [-0.3, -0.25) is 9.59 Å². The number of pyridine rings is 1. The molecule has 2 atom stereocenters. The van der Waals surface area contributed by atoms with E-state index in [4.69, 9.17) is 0 Å². The number of amides is 1. The molecule has 2 unspecified atom stereocenters. The SMILES string of the molecule is CNc1cc(Nc2cccn(C)c2=O)nc2c(C(=O)NC3CC3F)cnn12. The zero-order chi connectivity index (χ0) is 19.1. The molecule has 140 valence electrons. The van der Waals surface area contributed by atoms with Crippen LogP contribution >= 0.6 is 0 Å². The normalized spacial score (nSPS) is 18.3. The Bertz CT molecular complexity index is 1090. The first-order valence-electron chi connectivity index (χ1n) is 8.42. The van der Waals surface area contributed by atoms with Crippen LogP contribution in [-0.4, -0.2) is 44.3 Å². The molecule has 3 aromatic heterocycles. The number of aryl methyl sites for hydroxylation is 1. The molecule has 10 heteroatoms. The third-order valence-electron chi connectivity index (χ3n) is 4.39. The highest BCUT2D eigenvalue weighted by Gasteiger charge is 2.39. The summed E-state index contributed by atoms with van der Waals surface area (Å²) < 4.78 is 16.0. The maximum absolute atomic E-state index is 13.1. The molecular weight excluding hydrogens is 353 g/mol. The van der Waals surface area contributed by atoms with Crippen molar-refractivity contribution in [3.63, 3.8) is 0 Å². The monoisotopic (exact) mass is 371 g/mol. The summed E-state index contributed by atoms with van der Waals surface area (Å²) in [6, 6.07) is 4.60. The number of carbonyl (C=O) groups is 1. The molecule has 4 rings (SSSR count). The Morgan fingerprint density at radius 2 is 2.19 bits per heavy atom. The van der Waals surface area contributed by atoms with Crippen molar-refractivity contribution < 1.29 is 9.18 Å². The molecule has 1 amide bonds. The maximum atomic E-state index is 13.1. The molecule has 3 N–H and O–H groups in total. The number of rotatable bonds is 5. The van der Waals surface area contributed by atoms with Crippen LogP contribution in [0.25, 0.3) is 5.65 Å². The van der Waals surface area contributed by atoms with E-state index in [0.717, 1.165) is 0 Å². The highest BCUT2D eigenvalue weighted by Crippen LogP contribution is 2.26. The fourth-order valence-electron chi connectivity index (χ4n) is 2.76. The highest BCUT2D eigenvalue weighted by molar-refractivity contribution is 6.00. The Hall–Kier alpha value is -3.43. The van der Waals surface area contributed by atoms with Gasteiger partial charge in [0, 0.05) is 32.8 Å². The predicted molar refractivity (Wildman–Crippen MR) is 98.3 cm³/mol. The minimum Gasteiger partial charge on any atom is -0.373 e. The number of aromatic nitrogens is 4. The summed E-state index contributed by atoms with van der Waals surface area (Å²) >= 11 is 0. The van der Waals surface area contributed by atoms with E-state index in [9.17, 15) is 14.0 Å². The first-order chi connectivity index (χ1) is 13.0. The fourth-order valence-corrected chi connectivity index (χ4v) is 2.76. The molecule has 0 saturated heterocycles. The van der Waals surface area contributed by atoms with Crippen molar-refractivity contribution in [2.24, 2.45) is 7.05 Å². The molecule has 0 radical (unpaired) electrons. The van der Waals surface area contributed by atoms with Gasteiger partial charge in [-0.15, -0.1) is 0 Å². The van der Waals surface area contributed by atoms with Gasteiger partial charge in [0.05, 0.1) is 12.2 Å². The second kappa shape index (κ2) is 6.38. The van der Waals surface area contributed by atoms with E-state index in [1.165, 1.54) is 15.3 Å². The average Bonchev–Trinajstić information content (AvgIpc) is 3.16. The molecule has 1 aliphatic carbocycles. The molecule has 3 heterocycles. The first kappa shape index (κ1) is 17.0. The van der Waals surface area contributed by atoms with Gasteiger partial charge < -0.3 is 20.5 Å². The van der Waals surface area contributed by atoms with Gasteiger partial charge in [-0.2, -0.15) is 9.61 Å². The average molecular weight is 371 g/mol. The smallest absolute Gasteiger partial charge is 0.274 e. The molecule has 3 aromatic rings. The van der Waals surface area contributed by atoms with Crippen LogP contribution in [0.4, 0.5) is 21.7 Å². The van der Waals surface area contributed by atoms with Crippen molar-refractivity contribution in [1.82, 2.24) is 24.5 Å². The van der Waals surface area contributed by atoms with E-state index in [1.807, 2.05) is 0 Å². The van der Waals surface area contributed by atoms with Gasteiger partial charge in [0.2, 0.25) is 0 Å². The predicted octanol–water partition coefficient (Wildman–Crippen LogP) is 1.05.